The van der Waals surface area contributed by atoms with Gasteiger partial charge in [-0.1, -0.05) is 71.5 Å². The lowest BCUT2D eigenvalue weighted by Gasteiger charge is -2.29. The summed E-state index contributed by atoms with van der Waals surface area (Å²) in [6.45, 7) is 9.63. The average molecular weight is 616 g/mol. The average Bonchev–Trinajstić information content (AvgIpc) is 3.31. The molecule has 1 amide bonds. The quantitative estimate of drug-likeness (QED) is 0.228. The van der Waals surface area contributed by atoms with Crippen LogP contribution in [0.1, 0.15) is 50.4 Å². The lowest BCUT2D eigenvalue weighted by molar-refractivity contribution is -0.127. The zero-order chi connectivity index (χ0) is 30.5. The molecule has 0 radical (unpaired) electrons. The molecular formula is C34H34ClN3O4S. The number of halogens is 1. The molecule has 1 aromatic heterocycles. The molecule has 7 nitrogen and oxygen atoms in total. The van der Waals surface area contributed by atoms with Crippen LogP contribution in [0.3, 0.4) is 0 Å². The molecule has 9 heteroatoms. The standard InChI is InChI=1S/C34H34ClN3O4S/c1-5-37(6-2)33(40)30-22(4)36-34-38(31(30)25-14-16-26(35)17-15-25)32(39)29(43-34)20-24-13-18-27(28(19-24)41-7-3)42-21-23-11-9-8-10-12-23/h8-20,31H,5-7,21H2,1-4H3/b29-20+/t31-/m0/s1. The molecule has 1 aliphatic heterocycles. The molecule has 2 heterocycles. The van der Waals surface area contributed by atoms with Crippen LogP contribution in [0, 0.1) is 0 Å². The number of benzene rings is 3. The van der Waals surface area contributed by atoms with Crippen molar-refractivity contribution in [1.82, 2.24) is 9.47 Å². The molecule has 1 aliphatic rings. The minimum absolute atomic E-state index is 0.132. The molecule has 1 atom stereocenters. The van der Waals surface area contributed by atoms with E-state index in [-0.39, 0.29) is 11.5 Å². The monoisotopic (exact) mass is 615 g/mol. The van der Waals surface area contributed by atoms with Gasteiger partial charge in [0.05, 0.1) is 28.5 Å². The van der Waals surface area contributed by atoms with Crippen molar-refractivity contribution in [1.29, 1.82) is 0 Å². The van der Waals surface area contributed by atoms with Gasteiger partial charge in [-0.05, 0) is 74.7 Å². The van der Waals surface area contributed by atoms with Gasteiger partial charge in [-0.3, -0.25) is 14.2 Å². The molecule has 0 saturated carbocycles. The zero-order valence-electron chi connectivity index (χ0n) is 24.7. The third-order valence-electron chi connectivity index (χ3n) is 7.29. The van der Waals surface area contributed by atoms with Crippen LogP contribution < -0.4 is 24.4 Å². The Morgan fingerprint density at radius 2 is 1.72 bits per heavy atom. The second-order valence-corrected chi connectivity index (χ2v) is 11.5. The highest BCUT2D eigenvalue weighted by Crippen LogP contribution is 2.32. The van der Waals surface area contributed by atoms with E-state index in [2.05, 4.69) is 0 Å². The van der Waals surface area contributed by atoms with Gasteiger partial charge in [0.1, 0.15) is 6.61 Å². The fourth-order valence-corrected chi connectivity index (χ4v) is 6.30. The summed E-state index contributed by atoms with van der Waals surface area (Å²) in [6.07, 6.45) is 1.83. The van der Waals surface area contributed by atoms with Gasteiger partial charge in [-0.25, -0.2) is 4.99 Å². The van der Waals surface area contributed by atoms with Crippen molar-refractivity contribution in [2.75, 3.05) is 19.7 Å². The van der Waals surface area contributed by atoms with Crippen molar-refractivity contribution in [3.63, 3.8) is 0 Å². The smallest absolute Gasteiger partial charge is 0.271 e. The number of likely N-dealkylation sites (N-methyl/N-ethyl adjacent to an activating group) is 1. The molecule has 0 unspecified atom stereocenters. The Kier molecular flexibility index (Phi) is 9.48. The summed E-state index contributed by atoms with van der Waals surface area (Å²) >= 11 is 7.50. The Labute approximate surface area is 260 Å². The molecule has 0 N–H and O–H groups in total. The summed E-state index contributed by atoms with van der Waals surface area (Å²) in [5.74, 6) is 1.09. The zero-order valence-corrected chi connectivity index (χ0v) is 26.2. The van der Waals surface area contributed by atoms with Crippen LogP contribution in [0.4, 0.5) is 0 Å². The molecule has 0 aliphatic carbocycles. The van der Waals surface area contributed by atoms with Gasteiger partial charge in [-0.2, -0.15) is 0 Å². The number of hydrogen-bond acceptors (Lipinski definition) is 6. The Balaban J connectivity index is 1.57. The number of rotatable bonds is 10. The molecule has 0 bridgehead atoms. The van der Waals surface area contributed by atoms with E-state index in [1.165, 1.54) is 11.3 Å². The van der Waals surface area contributed by atoms with Crippen molar-refractivity contribution >= 4 is 34.9 Å². The highest BCUT2D eigenvalue weighted by molar-refractivity contribution is 7.07. The maximum Gasteiger partial charge on any atom is 0.271 e. The summed E-state index contributed by atoms with van der Waals surface area (Å²) in [6, 6.07) is 22.2. The van der Waals surface area contributed by atoms with Crippen molar-refractivity contribution < 1.29 is 14.3 Å². The Morgan fingerprint density at radius 3 is 2.40 bits per heavy atom. The highest BCUT2D eigenvalue weighted by Gasteiger charge is 2.34. The van der Waals surface area contributed by atoms with Crippen LogP contribution >= 0.6 is 22.9 Å². The molecule has 5 rings (SSSR count). The van der Waals surface area contributed by atoms with Crippen molar-refractivity contribution in [2.45, 2.75) is 40.3 Å². The predicted molar refractivity (Wildman–Crippen MR) is 172 cm³/mol. The van der Waals surface area contributed by atoms with Gasteiger partial charge in [0.15, 0.2) is 16.3 Å². The number of carbonyl (C=O) groups excluding carboxylic acids is 1. The SMILES string of the molecule is CCOc1cc(/C=c2/sc3n(c2=O)[C@@H](c2ccc(Cl)cc2)C(C(=O)N(CC)CC)=C(C)N=3)ccc1OCc1ccccc1. The number of allylic oxidation sites excluding steroid dienone is 1. The number of carbonyl (C=O) groups is 1. The van der Waals surface area contributed by atoms with Gasteiger partial charge in [0, 0.05) is 18.1 Å². The van der Waals surface area contributed by atoms with Crippen LogP contribution in [0.2, 0.25) is 5.02 Å². The topological polar surface area (TPSA) is 73.1 Å². The lowest BCUT2D eigenvalue weighted by Crippen LogP contribution is -2.43. The van der Waals surface area contributed by atoms with Crippen molar-refractivity contribution in [2.24, 2.45) is 4.99 Å². The highest BCUT2D eigenvalue weighted by atomic mass is 35.5. The first-order valence-electron chi connectivity index (χ1n) is 14.3. The third-order valence-corrected chi connectivity index (χ3v) is 8.53. The minimum Gasteiger partial charge on any atom is -0.490 e. The third kappa shape index (κ3) is 6.45. The van der Waals surface area contributed by atoms with Crippen LogP contribution in [-0.4, -0.2) is 35.1 Å². The molecule has 0 spiro atoms. The molecule has 222 valence electrons. The van der Waals surface area contributed by atoms with Crippen LogP contribution in [-0.2, 0) is 11.4 Å². The van der Waals surface area contributed by atoms with Gasteiger partial charge >= 0.3 is 0 Å². The van der Waals surface area contributed by atoms with Gasteiger partial charge in [-0.15, -0.1) is 0 Å². The second-order valence-electron chi connectivity index (χ2n) is 10.0. The molecule has 3 aromatic carbocycles. The summed E-state index contributed by atoms with van der Waals surface area (Å²) in [5, 5.41) is 0.578. The van der Waals surface area contributed by atoms with E-state index >= 15 is 0 Å². The molecule has 0 fully saturated rings. The Morgan fingerprint density at radius 1 is 1.00 bits per heavy atom. The van der Waals surface area contributed by atoms with Crippen LogP contribution in [0.15, 0.2) is 93.9 Å². The summed E-state index contributed by atoms with van der Waals surface area (Å²) in [7, 11) is 0. The number of hydrogen-bond donors (Lipinski definition) is 0. The van der Waals surface area contributed by atoms with E-state index in [4.69, 9.17) is 26.1 Å². The largest absolute Gasteiger partial charge is 0.490 e. The molecule has 43 heavy (non-hydrogen) atoms. The normalized spacial score (nSPS) is 14.7. The first-order chi connectivity index (χ1) is 20.8. The number of thiazole rings is 1. The van der Waals surface area contributed by atoms with E-state index in [1.54, 1.807) is 21.6 Å². The number of aromatic nitrogens is 1. The maximum atomic E-state index is 14.0. The van der Waals surface area contributed by atoms with E-state index in [0.717, 1.165) is 16.7 Å². The second kappa shape index (κ2) is 13.4. The van der Waals surface area contributed by atoms with E-state index in [9.17, 15) is 9.59 Å². The predicted octanol–water partition coefficient (Wildman–Crippen LogP) is 5.73. The minimum atomic E-state index is -0.628. The number of amides is 1. The molecule has 0 saturated heterocycles. The van der Waals surface area contributed by atoms with Gasteiger partial charge in [0.25, 0.3) is 11.5 Å². The first-order valence-corrected chi connectivity index (χ1v) is 15.5. The number of fused-ring (bicyclic) bond motifs is 1. The number of nitrogens with zero attached hydrogens (tertiary/aromatic N) is 3. The van der Waals surface area contributed by atoms with E-state index in [0.29, 0.717) is 63.4 Å². The van der Waals surface area contributed by atoms with Gasteiger partial charge < -0.3 is 14.4 Å². The first kappa shape index (κ1) is 30.3. The number of ether oxygens (including phenoxy) is 2. The van der Waals surface area contributed by atoms with Crippen molar-refractivity contribution in [3.05, 3.63) is 125 Å². The lowest BCUT2D eigenvalue weighted by atomic mass is 9.94. The summed E-state index contributed by atoms with van der Waals surface area (Å²) < 4.78 is 14.1. The Hall–Kier alpha value is -4.14. The van der Waals surface area contributed by atoms with Gasteiger partial charge in [0.2, 0.25) is 0 Å². The van der Waals surface area contributed by atoms with Crippen LogP contribution in [0.25, 0.3) is 6.08 Å². The fraction of sp³-hybridized carbons (Fsp3) is 0.265. The summed E-state index contributed by atoms with van der Waals surface area (Å²) in [5.41, 5.74) is 3.51. The van der Waals surface area contributed by atoms with Crippen LogP contribution in [0.5, 0.6) is 11.5 Å². The summed E-state index contributed by atoms with van der Waals surface area (Å²) in [4.78, 5) is 34.8. The Bertz CT molecular complexity index is 1820. The van der Waals surface area contributed by atoms with E-state index < -0.39 is 6.04 Å². The van der Waals surface area contributed by atoms with Crippen molar-refractivity contribution in [3.8, 4) is 11.5 Å². The molecular weight excluding hydrogens is 582 g/mol. The molecule has 4 aromatic rings. The van der Waals surface area contributed by atoms with E-state index in [1.807, 2.05) is 94.4 Å². The fourth-order valence-electron chi connectivity index (χ4n) is 5.13. The maximum absolute atomic E-state index is 14.0.